The van der Waals surface area contributed by atoms with E-state index >= 15 is 0 Å². The molecule has 2 aromatic heterocycles. The Hall–Kier alpha value is -2.82. The number of rotatable bonds is 6. The molecule has 9 nitrogen and oxygen atoms in total. The first-order chi connectivity index (χ1) is 16.3. The number of nitrogens with one attached hydrogen (secondary N) is 2. The topological polar surface area (TPSA) is 101 Å². The zero-order valence-electron chi connectivity index (χ0n) is 19.5. The number of morpholine rings is 1. The van der Waals surface area contributed by atoms with Crippen molar-refractivity contribution in [2.75, 3.05) is 42.8 Å². The van der Waals surface area contributed by atoms with E-state index in [0.29, 0.717) is 48.8 Å². The number of halogens is 1. The first kappa shape index (κ1) is 24.3. The summed E-state index contributed by atoms with van der Waals surface area (Å²) in [5.41, 5.74) is 3.07. The molecule has 3 aromatic rings. The Kier molecular flexibility index (Phi) is 7.30. The van der Waals surface area contributed by atoms with Crippen LogP contribution in [0.5, 0.6) is 0 Å². The average Bonchev–Trinajstić information content (AvgIpc) is 2.83. The highest BCUT2D eigenvalue weighted by atomic mass is 35.5. The molecule has 2 N–H and O–H groups in total. The highest BCUT2D eigenvalue weighted by molar-refractivity contribution is 7.97. The Morgan fingerprint density at radius 1 is 1.24 bits per heavy atom. The Bertz CT molecular complexity index is 1290. The number of anilines is 2. The van der Waals surface area contributed by atoms with Crippen molar-refractivity contribution < 1.29 is 9.53 Å². The highest BCUT2D eigenvalue weighted by Gasteiger charge is 2.22. The van der Waals surface area contributed by atoms with Gasteiger partial charge in [0.05, 0.1) is 35.8 Å². The van der Waals surface area contributed by atoms with Gasteiger partial charge in [-0.3, -0.25) is 18.9 Å². The van der Waals surface area contributed by atoms with Crippen LogP contribution in [-0.2, 0) is 11.8 Å². The predicted molar refractivity (Wildman–Crippen MR) is 137 cm³/mol. The van der Waals surface area contributed by atoms with Gasteiger partial charge < -0.3 is 15.0 Å². The number of ether oxygens (including phenoxy) is 1. The minimum atomic E-state index is -0.347. The summed E-state index contributed by atoms with van der Waals surface area (Å²) in [6, 6.07) is 6.96. The molecule has 1 aliphatic rings. The second-order valence-corrected chi connectivity index (χ2v) is 9.16. The lowest BCUT2D eigenvalue weighted by molar-refractivity contribution is 0.0980. The standard InChI is InChI=1S/C23H27ClN6O3S/c1-13-11-15(14(2)25-17-5-6-18(24)26-20(17)21(31)28-34-4)19-16(12-13)22(32)29(3)23(27-19)30-7-9-33-10-8-30/h5-6,11-12,14,25H,7-10H2,1-4H3,(H,28,31). The maximum Gasteiger partial charge on any atom is 0.281 e. The van der Waals surface area contributed by atoms with Crippen molar-refractivity contribution in [3.8, 4) is 0 Å². The molecule has 0 bridgehead atoms. The molecule has 1 saturated heterocycles. The number of carbonyl (C=O) groups is 1. The van der Waals surface area contributed by atoms with Gasteiger partial charge in [0.15, 0.2) is 5.69 Å². The minimum Gasteiger partial charge on any atom is -0.378 e. The fraction of sp³-hybridized carbons (Fsp3) is 0.391. The van der Waals surface area contributed by atoms with E-state index in [-0.39, 0.29) is 28.4 Å². The van der Waals surface area contributed by atoms with E-state index in [9.17, 15) is 9.59 Å². The molecule has 34 heavy (non-hydrogen) atoms. The van der Waals surface area contributed by atoms with E-state index < -0.39 is 0 Å². The summed E-state index contributed by atoms with van der Waals surface area (Å²) in [7, 11) is 1.75. The number of aromatic nitrogens is 3. The predicted octanol–water partition coefficient (Wildman–Crippen LogP) is 3.31. The first-order valence-electron chi connectivity index (χ1n) is 10.9. The molecule has 1 unspecified atom stereocenters. The van der Waals surface area contributed by atoms with Crippen LogP contribution >= 0.6 is 23.5 Å². The van der Waals surface area contributed by atoms with Crippen LogP contribution < -0.4 is 20.5 Å². The van der Waals surface area contributed by atoms with Gasteiger partial charge in [0.25, 0.3) is 11.5 Å². The normalized spacial score (nSPS) is 14.8. The number of pyridine rings is 1. The summed E-state index contributed by atoms with van der Waals surface area (Å²) < 4.78 is 9.75. The van der Waals surface area contributed by atoms with Crippen LogP contribution in [0.4, 0.5) is 11.6 Å². The van der Waals surface area contributed by atoms with Crippen molar-refractivity contribution in [1.29, 1.82) is 0 Å². The van der Waals surface area contributed by atoms with Crippen LogP contribution in [0.2, 0.25) is 5.15 Å². The molecule has 0 spiro atoms. The lowest BCUT2D eigenvalue weighted by atomic mass is 10.0. The zero-order chi connectivity index (χ0) is 24.4. The largest absolute Gasteiger partial charge is 0.378 e. The number of hydrogen-bond donors (Lipinski definition) is 2. The smallest absolute Gasteiger partial charge is 0.281 e. The molecule has 1 fully saturated rings. The fourth-order valence-corrected chi connectivity index (χ4v) is 4.52. The van der Waals surface area contributed by atoms with Gasteiger partial charge in [-0.05, 0) is 37.6 Å². The summed E-state index contributed by atoms with van der Waals surface area (Å²) in [4.78, 5) is 37.1. The van der Waals surface area contributed by atoms with Crippen molar-refractivity contribution in [3.05, 3.63) is 56.6 Å². The van der Waals surface area contributed by atoms with Gasteiger partial charge in [-0.2, -0.15) is 0 Å². The van der Waals surface area contributed by atoms with Crippen LogP contribution in [0.1, 0.15) is 34.6 Å². The van der Waals surface area contributed by atoms with E-state index in [2.05, 4.69) is 19.9 Å². The summed E-state index contributed by atoms with van der Waals surface area (Å²) >= 11 is 7.24. The number of benzene rings is 1. The number of amides is 1. The molecule has 3 heterocycles. The Balaban J connectivity index is 1.79. The summed E-state index contributed by atoms with van der Waals surface area (Å²) in [6.45, 7) is 6.45. The number of nitrogens with zero attached hydrogens (tertiary/aromatic N) is 4. The van der Waals surface area contributed by atoms with Crippen LogP contribution in [0, 0.1) is 6.92 Å². The third kappa shape index (κ3) is 4.84. The summed E-state index contributed by atoms with van der Waals surface area (Å²) in [5.74, 6) is 0.270. The van der Waals surface area contributed by atoms with Gasteiger partial charge in [0.1, 0.15) is 5.15 Å². The van der Waals surface area contributed by atoms with E-state index in [4.69, 9.17) is 21.3 Å². The van der Waals surface area contributed by atoms with Crippen LogP contribution in [0.3, 0.4) is 0 Å². The Morgan fingerprint density at radius 3 is 2.68 bits per heavy atom. The molecule has 1 aliphatic heterocycles. The van der Waals surface area contributed by atoms with Crippen LogP contribution in [0.25, 0.3) is 10.9 Å². The third-order valence-electron chi connectivity index (χ3n) is 5.73. The maximum absolute atomic E-state index is 13.3. The fourth-order valence-electron chi connectivity index (χ4n) is 4.09. The van der Waals surface area contributed by atoms with E-state index in [1.165, 1.54) is 11.9 Å². The van der Waals surface area contributed by atoms with Gasteiger partial charge in [-0.25, -0.2) is 9.97 Å². The number of fused-ring (bicyclic) bond motifs is 1. The maximum atomic E-state index is 13.3. The van der Waals surface area contributed by atoms with Crippen LogP contribution in [0.15, 0.2) is 29.1 Å². The SMILES string of the molecule is CSNC(=O)c1nc(Cl)ccc1NC(C)c1cc(C)cc2c(=O)n(C)c(N3CCOCC3)nc12. The molecule has 0 saturated carbocycles. The molecule has 180 valence electrons. The molecule has 1 atom stereocenters. The molecular formula is C23H27ClN6O3S. The second-order valence-electron chi connectivity index (χ2n) is 8.16. The Morgan fingerprint density at radius 2 is 1.97 bits per heavy atom. The van der Waals surface area contributed by atoms with Gasteiger partial charge in [0, 0.05) is 32.0 Å². The molecule has 0 aliphatic carbocycles. The first-order valence-corrected chi connectivity index (χ1v) is 12.5. The molecule has 0 radical (unpaired) electrons. The lowest BCUT2D eigenvalue weighted by Gasteiger charge is -2.29. The molecule has 11 heteroatoms. The van der Waals surface area contributed by atoms with Crippen molar-refractivity contribution >= 4 is 52.0 Å². The number of hydrogen-bond acceptors (Lipinski definition) is 8. The van der Waals surface area contributed by atoms with Gasteiger partial charge >= 0.3 is 0 Å². The molecule has 1 amide bonds. The van der Waals surface area contributed by atoms with Gasteiger partial charge in [-0.15, -0.1) is 0 Å². The summed E-state index contributed by atoms with van der Waals surface area (Å²) in [6.07, 6.45) is 1.76. The minimum absolute atomic E-state index is 0.100. The zero-order valence-corrected chi connectivity index (χ0v) is 21.1. The van der Waals surface area contributed by atoms with Crippen LogP contribution in [-0.4, -0.2) is 53.0 Å². The average molecular weight is 503 g/mol. The van der Waals surface area contributed by atoms with Crippen molar-refractivity contribution in [1.82, 2.24) is 19.3 Å². The van der Waals surface area contributed by atoms with Crippen molar-refractivity contribution in [2.24, 2.45) is 7.05 Å². The van der Waals surface area contributed by atoms with E-state index in [1.807, 2.05) is 26.0 Å². The van der Waals surface area contributed by atoms with E-state index in [0.717, 1.165) is 11.1 Å². The lowest BCUT2D eigenvalue weighted by Crippen LogP contribution is -2.40. The highest BCUT2D eigenvalue weighted by Crippen LogP contribution is 2.29. The van der Waals surface area contributed by atoms with Crippen molar-refractivity contribution in [3.63, 3.8) is 0 Å². The van der Waals surface area contributed by atoms with Gasteiger partial charge in [-0.1, -0.05) is 29.6 Å². The number of aryl methyl sites for hydroxylation is 1. The van der Waals surface area contributed by atoms with Crippen molar-refractivity contribution in [2.45, 2.75) is 19.9 Å². The summed E-state index contributed by atoms with van der Waals surface area (Å²) in [5, 5.41) is 4.15. The monoisotopic (exact) mass is 502 g/mol. The quantitative estimate of drug-likeness (QED) is 0.391. The third-order valence-corrected chi connectivity index (χ3v) is 6.33. The number of carbonyl (C=O) groups excluding carboxylic acids is 1. The molecule has 4 rings (SSSR count). The molecule has 1 aromatic carbocycles. The molecular weight excluding hydrogens is 476 g/mol. The Labute approximate surface area is 207 Å². The van der Waals surface area contributed by atoms with E-state index in [1.54, 1.807) is 30.0 Å². The second kappa shape index (κ2) is 10.2. The van der Waals surface area contributed by atoms with Gasteiger partial charge in [0.2, 0.25) is 5.95 Å².